The Labute approximate surface area is 157 Å². The number of carbonyl (C=O) groups is 3. The maximum absolute atomic E-state index is 12.4. The van der Waals surface area contributed by atoms with Crippen LogP contribution in [0.1, 0.15) is 72.2 Å². The largest absolute Gasteiger partial charge is 0.480 e. The SMILES string of the molecule is Cc1nc(C2CCCC2)sc1C(=O)NCC(=O)N[C@@H](CC(C)C)C(=O)O. The molecular weight excluding hydrogens is 354 g/mol. The van der Waals surface area contributed by atoms with E-state index >= 15 is 0 Å². The third kappa shape index (κ3) is 5.52. The maximum Gasteiger partial charge on any atom is 0.326 e. The van der Waals surface area contributed by atoms with E-state index in [0.29, 0.717) is 22.9 Å². The first-order chi connectivity index (χ1) is 12.3. The van der Waals surface area contributed by atoms with Crippen molar-refractivity contribution in [1.82, 2.24) is 15.6 Å². The van der Waals surface area contributed by atoms with Crippen molar-refractivity contribution in [1.29, 1.82) is 0 Å². The number of nitrogens with zero attached hydrogens (tertiary/aromatic N) is 1. The first-order valence-corrected chi connectivity index (χ1v) is 9.87. The average Bonchev–Trinajstić information content (AvgIpc) is 3.20. The molecule has 0 aromatic carbocycles. The molecule has 7 nitrogen and oxygen atoms in total. The standard InChI is InChI=1S/C18H27N3O4S/c1-10(2)8-13(18(24)25)21-14(22)9-19-16(23)15-11(3)20-17(26-15)12-6-4-5-7-12/h10,12-13H,4-9H2,1-3H3,(H,19,23)(H,21,22)(H,24,25)/t13-/m0/s1. The van der Waals surface area contributed by atoms with E-state index in [4.69, 9.17) is 5.11 Å². The van der Waals surface area contributed by atoms with E-state index in [1.165, 1.54) is 24.2 Å². The molecule has 8 heteroatoms. The normalized spacial score (nSPS) is 15.8. The first-order valence-electron chi connectivity index (χ1n) is 9.05. The molecular formula is C18H27N3O4S. The molecule has 0 unspecified atom stereocenters. The molecule has 1 aromatic rings. The molecule has 0 saturated heterocycles. The predicted octanol–water partition coefficient (Wildman–Crippen LogP) is 2.45. The highest BCUT2D eigenvalue weighted by Crippen LogP contribution is 2.37. The molecule has 1 aliphatic carbocycles. The van der Waals surface area contributed by atoms with E-state index in [0.717, 1.165) is 17.8 Å². The van der Waals surface area contributed by atoms with Crippen LogP contribution in [0, 0.1) is 12.8 Å². The lowest BCUT2D eigenvalue weighted by Crippen LogP contribution is -2.46. The van der Waals surface area contributed by atoms with Gasteiger partial charge in [0.05, 0.1) is 17.2 Å². The van der Waals surface area contributed by atoms with Crippen LogP contribution in [-0.4, -0.2) is 40.5 Å². The van der Waals surface area contributed by atoms with Crippen LogP contribution >= 0.6 is 11.3 Å². The Kier molecular flexibility index (Phi) is 7.14. The fraction of sp³-hybridized carbons (Fsp3) is 0.667. The summed E-state index contributed by atoms with van der Waals surface area (Å²) in [6.45, 7) is 5.32. The molecule has 0 bridgehead atoms. The molecule has 2 rings (SSSR count). The number of carboxylic acids is 1. The van der Waals surface area contributed by atoms with Crippen molar-refractivity contribution in [2.24, 2.45) is 5.92 Å². The zero-order valence-corrected chi connectivity index (χ0v) is 16.3. The van der Waals surface area contributed by atoms with Crippen LogP contribution in [0.4, 0.5) is 0 Å². The van der Waals surface area contributed by atoms with Crippen LogP contribution in [0.3, 0.4) is 0 Å². The third-order valence-electron chi connectivity index (χ3n) is 4.47. The number of aromatic nitrogens is 1. The highest BCUT2D eigenvalue weighted by Gasteiger charge is 2.25. The minimum Gasteiger partial charge on any atom is -0.480 e. The summed E-state index contributed by atoms with van der Waals surface area (Å²) in [5, 5.41) is 15.2. The molecule has 1 fully saturated rings. The number of aryl methyl sites for hydroxylation is 1. The van der Waals surface area contributed by atoms with E-state index < -0.39 is 17.9 Å². The van der Waals surface area contributed by atoms with E-state index in [9.17, 15) is 14.4 Å². The van der Waals surface area contributed by atoms with Crippen molar-refractivity contribution in [3.8, 4) is 0 Å². The van der Waals surface area contributed by atoms with Gasteiger partial charge in [-0.05, 0) is 32.1 Å². The van der Waals surface area contributed by atoms with E-state index in [1.54, 1.807) is 6.92 Å². The van der Waals surface area contributed by atoms with Crippen molar-refractivity contribution >= 4 is 29.1 Å². The van der Waals surface area contributed by atoms with Crippen molar-refractivity contribution < 1.29 is 19.5 Å². The lowest BCUT2D eigenvalue weighted by atomic mass is 10.0. The summed E-state index contributed by atoms with van der Waals surface area (Å²) in [6.07, 6.45) is 4.97. The molecule has 1 aromatic heterocycles. The number of amides is 2. The quantitative estimate of drug-likeness (QED) is 0.641. The van der Waals surface area contributed by atoms with Gasteiger partial charge in [0.1, 0.15) is 10.9 Å². The van der Waals surface area contributed by atoms with Gasteiger partial charge >= 0.3 is 5.97 Å². The summed E-state index contributed by atoms with van der Waals surface area (Å²) in [6, 6.07) is -0.946. The highest BCUT2D eigenvalue weighted by atomic mass is 32.1. The van der Waals surface area contributed by atoms with Gasteiger partial charge in [-0.25, -0.2) is 9.78 Å². The number of hydrogen-bond acceptors (Lipinski definition) is 5. The number of carboxylic acid groups (broad SMARTS) is 1. The Bertz CT molecular complexity index is 665. The number of nitrogens with one attached hydrogen (secondary N) is 2. The lowest BCUT2D eigenvalue weighted by Gasteiger charge is -2.16. The van der Waals surface area contributed by atoms with Gasteiger partial charge in [-0.15, -0.1) is 11.3 Å². The van der Waals surface area contributed by atoms with Crippen molar-refractivity contribution in [2.45, 2.75) is 64.8 Å². The van der Waals surface area contributed by atoms with Crippen LogP contribution in [0.25, 0.3) is 0 Å². The molecule has 0 aliphatic heterocycles. The van der Waals surface area contributed by atoms with Gasteiger partial charge in [0.25, 0.3) is 5.91 Å². The Morgan fingerprint density at radius 1 is 1.27 bits per heavy atom. The summed E-state index contributed by atoms with van der Waals surface area (Å²) in [4.78, 5) is 40.6. The molecule has 0 radical (unpaired) electrons. The highest BCUT2D eigenvalue weighted by molar-refractivity contribution is 7.13. The van der Waals surface area contributed by atoms with Crippen molar-refractivity contribution in [3.05, 3.63) is 15.6 Å². The second-order valence-corrected chi connectivity index (χ2v) is 8.25. The second kappa shape index (κ2) is 9.12. The minimum atomic E-state index is -1.07. The molecule has 1 saturated carbocycles. The molecule has 3 N–H and O–H groups in total. The fourth-order valence-electron chi connectivity index (χ4n) is 3.15. The number of aliphatic carboxylic acids is 1. The van der Waals surface area contributed by atoms with Gasteiger partial charge in [0.15, 0.2) is 0 Å². The lowest BCUT2D eigenvalue weighted by molar-refractivity contribution is -0.142. The Morgan fingerprint density at radius 2 is 1.92 bits per heavy atom. The summed E-state index contributed by atoms with van der Waals surface area (Å²) >= 11 is 1.39. The van der Waals surface area contributed by atoms with Gasteiger partial charge in [0.2, 0.25) is 5.91 Å². The van der Waals surface area contributed by atoms with Gasteiger partial charge in [-0.3, -0.25) is 9.59 Å². The monoisotopic (exact) mass is 381 g/mol. The number of rotatable bonds is 8. The molecule has 144 valence electrons. The molecule has 1 atom stereocenters. The maximum atomic E-state index is 12.4. The zero-order valence-electron chi connectivity index (χ0n) is 15.5. The first kappa shape index (κ1) is 20.4. The summed E-state index contributed by atoms with van der Waals surface area (Å²) in [7, 11) is 0. The van der Waals surface area contributed by atoms with Crippen LogP contribution < -0.4 is 10.6 Å². The average molecular weight is 381 g/mol. The number of thiazole rings is 1. The van der Waals surface area contributed by atoms with Crippen LogP contribution in [0.2, 0.25) is 0 Å². The summed E-state index contributed by atoms with van der Waals surface area (Å²) < 4.78 is 0. The van der Waals surface area contributed by atoms with E-state index in [2.05, 4.69) is 15.6 Å². The van der Waals surface area contributed by atoms with E-state index in [-0.39, 0.29) is 18.4 Å². The Balaban J connectivity index is 1.89. The van der Waals surface area contributed by atoms with Gasteiger partial charge < -0.3 is 15.7 Å². The number of hydrogen-bond donors (Lipinski definition) is 3. The van der Waals surface area contributed by atoms with Crippen molar-refractivity contribution in [3.63, 3.8) is 0 Å². The van der Waals surface area contributed by atoms with Crippen LogP contribution in [-0.2, 0) is 9.59 Å². The summed E-state index contributed by atoms with van der Waals surface area (Å²) in [5.74, 6) is -1.34. The van der Waals surface area contributed by atoms with Gasteiger partial charge in [0, 0.05) is 5.92 Å². The minimum absolute atomic E-state index is 0.139. The molecule has 1 heterocycles. The third-order valence-corrected chi connectivity index (χ3v) is 5.79. The second-order valence-electron chi connectivity index (χ2n) is 7.22. The molecule has 1 aliphatic rings. The topological polar surface area (TPSA) is 108 Å². The van der Waals surface area contributed by atoms with Crippen LogP contribution in [0.5, 0.6) is 0 Å². The molecule has 2 amide bonds. The number of carbonyl (C=O) groups excluding carboxylic acids is 2. The fourth-order valence-corrected chi connectivity index (χ4v) is 4.31. The summed E-state index contributed by atoms with van der Waals surface area (Å²) in [5.41, 5.74) is 0.679. The zero-order chi connectivity index (χ0) is 19.3. The molecule has 26 heavy (non-hydrogen) atoms. The van der Waals surface area contributed by atoms with Crippen molar-refractivity contribution in [2.75, 3.05) is 6.54 Å². The van der Waals surface area contributed by atoms with Crippen LogP contribution in [0.15, 0.2) is 0 Å². The van der Waals surface area contributed by atoms with E-state index in [1.807, 2.05) is 13.8 Å². The Hall–Kier alpha value is -1.96. The molecule has 0 spiro atoms. The predicted molar refractivity (Wildman–Crippen MR) is 99.4 cm³/mol. The smallest absolute Gasteiger partial charge is 0.326 e. The van der Waals surface area contributed by atoms with Gasteiger partial charge in [-0.1, -0.05) is 26.7 Å². The Morgan fingerprint density at radius 3 is 2.50 bits per heavy atom. The van der Waals surface area contributed by atoms with Gasteiger partial charge in [-0.2, -0.15) is 0 Å².